The highest BCUT2D eigenvalue weighted by Gasteiger charge is 2.22. The zero-order valence-corrected chi connectivity index (χ0v) is 19.6. The molecule has 3 aromatic carbocycles. The number of hydrogen-bond donors (Lipinski definition) is 1. The van der Waals surface area contributed by atoms with E-state index in [4.69, 9.17) is 9.47 Å². The Balaban J connectivity index is 1.43. The number of carbonyl (C=O) groups is 1. The first kappa shape index (κ1) is 23.2. The molecule has 0 fully saturated rings. The Morgan fingerprint density at radius 3 is 2.31 bits per heavy atom. The lowest BCUT2D eigenvalue weighted by molar-refractivity contribution is 0.0742. The van der Waals surface area contributed by atoms with Crippen LogP contribution in [0.5, 0.6) is 11.5 Å². The number of amides is 1. The average Bonchev–Trinajstić information content (AvgIpc) is 3.38. The van der Waals surface area contributed by atoms with Crippen molar-refractivity contribution in [3.63, 3.8) is 0 Å². The number of nitrogens with zero attached hydrogens (tertiary/aromatic N) is 2. The van der Waals surface area contributed by atoms with Crippen LogP contribution in [0.1, 0.15) is 27.0 Å². The molecule has 8 heteroatoms. The van der Waals surface area contributed by atoms with E-state index in [1.54, 1.807) is 23.1 Å². The number of carbonyl (C=O) groups excluding carboxylic acids is 1. The van der Waals surface area contributed by atoms with Crippen LogP contribution in [0.15, 0.2) is 94.6 Å². The molecule has 0 aliphatic carbocycles. The molecule has 36 heavy (non-hydrogen) atoms. The van der Waals surface area contributed by atoms with Crippen LogP contribution in [-0.2, 0) is 19.5 Å². The lowest BCUT2D eigenvalue weighted by Gasteiger charge is -2.23. The number of fused-ring (bicyclic) bond motifs is 1. The van der Waals surface area contributed by atoms with E-state index in [-0.39, 0.29) is 18.9 Å². The van der Waals surface area contributed by atoms with Crippen LogP contribution in [0.4, 0.5) is 0 Å². The van der Waals surface area contributed by atoms with Crippen molar-refractivity contribution in [3.05, 3.63) is 128 Å². The Morgan fingerprint density at radius 1 is 0.861 bits per heavy atom. The molecule has 1 aliphatic heterocycles. The van der Waals surface area contributed by atoms with E-state index in [1.807, 2.05) is 60.7 Å². The minimum absolute atomic E-state index is 0.00533. The topological polar surface area (TPSA) is 93.6 Å². The molecule has 2 heterocycles. The average molecular weight is 484 g/mol. The van der Waals surface area contributed by atoms with E-state index in [9.17, 15) is 14.4 Å². The van der Waals surface area contributed by atoms with Crippen LogP contribution in [0.3, 0.4) is 0 Å². The zero-order chi connectivity index (χ0) is 24.9. The summed E-state index contributed by atoms with van der Waals surface area (Å²) < 4.78 is 11.7. The Labute approximate surface area is 207 Å². The minimum atomic E-state index is -0.640. The summed E-state index contributed by atoms with van der Waals surface area (Å²) in [7, 11) is 0. The van der Waals surface area contributed by atoms with Gasteiger partial charge in [-0.25, -0.2) is 4.79 Å². The van der Waals surface area contributed by atoms with Crippen LogP contribution < -0.4 is 20.7 Å². The van der Waals surface area contributed by atoms with E-state index >= 15 is 0 Å². The van der Waals surface area contributed by atoms with Crippen molar-refractivity contribution in [1.82, 2.24) is 14.5 Å². The molecule has 182 valence electrons. The standard InChI is InChI=1S/C28H25N3O5/c32-26(30(17-21-9-5-2-6-10-21)14-13-20-7-3-1-4-8-20)23-16-29-28(34)31(27(23)33)18-22-11-12-24-25(15-22)36-19-35-24/h1-12,15-16H,13-14,17-19H2,(H,29,34). The highest BCUT2D eigenvalue weighted by Crippen LogP contribution is 2.32. The van der Waals surface area contributed by atoms with Gasteiger partial charge in [-0.2, -0.15) is 0 Å². The van der Waals surface area contributed by atoms with E-state index < -0.39 is 17.2 Å². The summed E-state index contributed by atoms with van der Waals surface area (Å²) in [6, 6.07) is 24.7. The first-order chi connectivity index (χ1) is 17.6. The highest BCUT2D eigenvalue weighted by molar-refractivity contribution is 5.93. The Morgan fingerprint density at radius 2 is 1.56 bits per heavy atom. The molecule has 0 bridgehead atoms. The maximum atomic E-state index is 13.6. The number of H-pyrrole nitrogens is 1. The van der Waals surface area contributed by atoms with Crippen molar-refractivity contribution in [1.29, 1.82) is 0 Å². The predicted molar refractivity (Wildman–Crippen MR) is 134 cm³/mol. The van der Waals surface area contributed by atoms with Crippen LogP contribution >= 0.6 is 0 Å². The largest absolute Gasteiger partial charge is 0.454 e. The maximum Gasteiger partial charge on any atom is 0.328 e. The molecule has 0 saturated carbocycles. The van der Waals surface area contributed by atoms with Crippen molar-refractivity contribution in [3.8, 4) is 11.5 Å². The molecule has 0 radical (unpaired) electrons. The molecule has 0 saturated heterocycles. The number of aromatic amines is 1. The van der Waals surface area contributed by atoms with Crippen LogP contribution in [0, 0.1) is 0 Å². The summed E-state index contributed by atoms with van der Waals surface area (Å²) in [6.07, 6.45) is 1.85. The molecule has 8 nitrogen and oxygen atoms in total. The second kappa shape index (κ2) is 10.4. The van der Waals surface area contributed by atoms with Gasteiger partial charge in [0.15, 0.2) is 11.5 Å². The van der Waals surface area contributed by atoms with Crippen LogP contribution in [0.2, 0.25) is 0 Å². The van der Waals surface area contributed by atoms with Crippen molar-refractivity contribution in [2.75, 3.05) is 13.3 Å². The van der Waals surface area contributed by atoms with Gasteiger partial charge in [0.25, 0.3) is 11.5 Å². The lowest BCUT2D eigenvalue weighted by Crippen LogP contribution is -2.42. The number of aromatic nitrogens is 2. The zero-order valence-electron chi connectivity index (χ0n) is 19.6. The van der Waals surface area contributed by atoms with Gasteiger partial charge < -0.3 is 19.4 Å². The maximum absolute atomic E-state index is 13.6. The van der Waals surface area contributed by atoms with Gasteiger partial charge in [-0.05, 0) is 35.2 Å². The third-order valence-corrected chi connectivity index (χ3v) is 6.09. The van der Waals surface area contributed by atoms with Gasteiger partial charge in [-0.3, -0.25) is 14.2 Å². The quantitative estimate of drug-likeness (QED) is 0.416. The van der Waals surface area contributed by atoms with E-state index in [1.165, 1.54) is 6.20 Å². The third kappa shape index (κ3) is 5.07. The third-order valence-electron chi connectivity index (χ3n) is 6.09. The fourth-order valence-corrected chi connectivity index (χ4v) is 4.17. The van der Waals surface area contributed by atoms with Gasteiger partial charge in [0.1, 0.15) is 5.56 Å². The Bertz CT molecular complexity index is 1480. The van der Waals surface area contributed by atoms with Gasteiger partial charge in [-0.15, -0.1) is 0 Å². The smallest absolute Gasteiger partial charge is 0.328 e. The van der Waals surface area contributed by atoms with Crippen molar-refractivity contribution >= 4 is 5.91 Å². The van der Waals surface area contributed by atoms with E-state index in [2.05, 4.69) is 4.98 Å². The molecule has 0 spiro atoms. The Kier molecular flexibility index (Phi) is 6.66. The first-order valence-electron chi connectivity index (χ1n) is 11.7. The van der Waals surface area contributed by atoms with Crippen molar-refractivity contribution < 1.29 is 14.3 Å². The molecule has 0 unspecified atom stereocenters. The second-order valence-electron chi connectivity index (χ2n) is 8.53. The molecule has 5 rings (SSSR count). The van der Waals surface area contributed by atoms with Gasteiger partial charge in [0.05, 0.1) is 6.54 Å². The van der Waals surface area contributed by atoms with Gasteiger partial charge >= 0.3 is 5.69 Å². The summed E-state index contributed by atoms with van der Waals surface area (Å²) in [5.74, 6) is 0.730. The molecule has 0 atom stereocenters. The Hall–Kier alpha value is -4.59. The van der Waals surface area contributed by atoms with Crippen LogP contribution in [-0.4, -0.2) is 33.7 Å². The summed E-state index contributed by atoms with van der Waals surface area (Å²) >= 11 is 0. The number of ether oxygens (including phenoxy) is 2. The first-order valence-corrected chi connectivity index (χ1v) is 11.7. The lowest BCUT2D eigenvalue weighted by atomic mass is 10.1. The number of benzene rings is 3. The SMILES string of the molecule is O=C(c1c[nH]c(=O)n(Cc2ccc3c(c2)OCO3)c1=O)N(CCc1ccccc1)Cc1ccccc1. The molecule has 1 N–H and O–H groups in total. The highest BCUT2D eigenvalue weighted by atomic mass is 16.7. The van der Waals surface area contributed by atoms with E-state index in [0.717, 1.165) is 15.7 Å². The molecular formula is C28H25N3O5. The normalized spacial score (nSPS) is 11.9. The molecule has 1 aromatic heterocycles. The summed E-state index contributed by atoms with van der Waals surface area (Å²) in [6.45, 7) is 0.879. The summed E-state index contributed by atoms with van der Waals surface area (Å²) in [5, 5.41) is 0. The van der Waals surface area contributed by atoms with Crippen LogP contribution in [0.25, 0.3) is 0 Å². The number of hydrogen-bond acceptors (Lipinski definition) is 5. The molecule has 1 aliphatic rings. The fourth-order valence-electron chi connectivity index (χ4n) is 4.17. The van der Waals surface area contributed by atoms with Crippen molar-refractivity contribution in [2.45, 2.75) is 19.5 Å². The van der Waals surface area contributed by atoms with E-state index in [0.29, 0.717) is 36.6 Å². The van der Waals surface area contributed by atoms with Gasteiger partial charge in [-0.1, -0.05) is 66.7 Å². The minimum Gasteiger partial charge on any atom is -0.454 e. The van der Waals surface area contributed by atoms with Gasteiger partial charge in [0, 0.05) is 19.3 Å². The number of rotatable bonds is 8. The van der Waals surface area contributed by atoms with Gasteiger partial charge in [0.2, 0.25) is 6.79 Å². The van der Waals surface area contributed by atoms with Crippen molar-refractivity contribution in [2.24, 2.45) is 0 Å². The molecular weight excluding hydrogens is 458 g/mol. The monoisotopic (exact) mass is 483 g/mol. The predicted octanol–water partition coefficient (Wildman–Crippen LogP) is 3.20. The number of nitrogens with one attached hydrogen (secondary N) is 1. The molecule has 4 aromatic rings. The second-order valence-corrected chi connectivity index (χ2v) is 8.53. The fraction of sp³-hybridized carbons (Fsp3) is 0.179. The summed E-state index contributed by atoms with van der Waals surface area (Å²) in [4.78, 5) is 43.7. The molecule has 1 amide bonds. The summed E-state index contributed by atoms with van der Waals surface area (Å²) in [5.41, 5.74) is 1.40.